The highest BCUT2D eigenvalue weighted by molar-refractivity contribution is 14.1. The Morgan fingerprint density at radius 2 is 1.17 bits per heavy atom. The molecule has 0 bridgehead atoms. The lowest BCUT2D eigenvalue weighted by Crippen LogP contribution is -1.89. The van der Waals surface area contributed by atoms with Crippen LogP contribution in [0.4, 0.5) is 0 Å². The Labute approximate surface area is 132 Å². The first-order chi connectivity index (χ1) is 8.63. The highest BCUT2D eigenvalue weighted by atomic mass is 127. The molecule has 0 aliphatic carbocycles. The molecule has 0 aliphatic heterocycles. The van der Waals surface area contributed by atoms with Gasteiger partial charge >= 0.3 is 0 Å². The fourth-order valence-corrected chi connectivity index (χ4v) is 6.28. The maximum absolute atomic E-state index is 5.98. The molecule has 0 spiro atoms. The smallest absolute Gasteiger partial charge is 0.128 e. The maximum atomic E-state index is 5.98. The van der Waals surface area contributed by atoms with Gasteiger partial charge in [0.2, 0.25) is 0 Å². The largest absolute Gasteiger partial charge is 0.151 e. The van der Waals surface area contributed by atoms with Crippen molar-refractivity contribution in [3.8, 4) is 0 Å². The van der Waals surface area contributed by atoms with Crippen molar-refractivity contribution in [2.45, 2.75) is 0 Å². The third kappa shape index (κ3) is 1.55. The SMILES string of the molecule is [B]c1cc2c(s1)c1cc([B])sc1c1cc(I)sc21. The Balaban J connectivity index is 2.43. The number of halogens is 1. The van der Waals surface area contributed by atoms with E-state index >= 15 is 0 Å². The van der Waals surface area contributed by atoms with Crippen LogP contribution in [0.2, 0.25) is 0 Å². The average molecular weight is 392 g/mol. The van der Waals surface area contributed by atoms with Gasteiger partial charge in [0, 0.05) is 30.3 Å². The average Bonchev–Trinajstić information content (AvgIpc) is 2.93. The molecule has 0 saturated carbocycles. The van der Waals surface area contributed by atoms with Gasteiger partial charge in [-0.1, -0.05) is 0 Å². The molecule has 0 fully saturated rings. The van der Waals surface area contributed by atoms with Crippen molar-refractivity contribution < 1.29 is 0 Å². The standard InChI is InChI=1S/C12H3B2IS3/c13-7-1-4-10-5(2-8(14)16-10)12-6(11(4)17-7)3-9(15)18-12/h1-3H. The predicted octanol–water partition coefficient (Wildman–Crippen LogP) is 3.52. The van der Waals surface area contributed by atoms with Crippen molar-refractivity contribution in [3.05, 3.63) is 21.1 Å². The molecule has 4 radical (unpaired) electrons. The zero-order valence-electron chi connectivity index (χ0n) is 8.99. The summed E-state index contributed by atoms with van der Waals surface area (Å²) in [5.74, 6) is 0. The number of rotatable bonds is 0. The Hall–Kier alpha value is -0.0401. The van der Waals surface area contributed by atoms with Crippen LogP contribution in [0.25, 0.3) is 30.3 Å². The molecule has 3 heterocycles. The van der Waals surface area contributed by atoms with Gasteiger partial charge in [0.1, 0.15) is 15.7 Å². The summed E-state index contributed by atoms with van der Waals surface area (Å²) >= 11 is 7.52. The molecule has 0 atom stereocenters. The molecule has 6 heteroatoms. The molecule has 0 saturated heterocycles. The normalized spacial score (nSPS) is 12.1. The summed E-state index contributed by atoms with van der Waals surface area (Å²) in [6, 6.07) is 6.40. The Kier molecular flexibility index (Phi) is 2.60. The van der Waals surface area contributed by atoms with Crippen LogP contribution in [-0.4, -0.2) is 15.7 Å². The van der Waals surface area contributed by atoms with E-state index in [2.05, 4.69) is 40.8 Å². The fraction of sp³-hybridized carbons (Fsp3) is 0. The van der Waals surface area contributed by atoms with E-state index < -0.39 is 0 Å². The molecular weight excluding hydrogens is 389 g/mol. The summed E-state index contributed by atoms with van der Waals surface area (Å²) in [5.41, 5.74) is 0. The summed E-state index contributed by atoms with van der Waals surface area (Å²) in [7, 11) is 12.0. The highest BCUT2D eigenvalue weighted by Crippen LogP contribution is 2.42. The van der Waals surface area contributed by atoms with Crippen molar-refractivity contribution >= 4 is 112 Å². The number of fused-ring (bicyclic) bond motifs is 6. The van der Waals surface area contributed by atoms with E-state index in [1.807, 2.05) is 11.3 Å². The van der Waals surface area contributed by atoms with E-state index in [1.54, 1.807) is 22.7 Å². The van der Waals surface area contributed by atoms with Gasteiger partial charge in [-0.25, -0.2) is 0 Å². The predicted molar refractivity (Wildman–Crippen MR) is 96.1 cm³/mol. The molecule has 82 valence electrons. The fourth-order valence-electron chi connectivity index (χ4n) is 2.29. The first-order valence-electron chi connectivity index (χ1n) is 5.22. The minimum Gasteiger partial charge on any atom is -0.151 e. The van der Waals surface area contributed by atoms with Crippen LogP contribution < -0.4 is 9.55 Å². The van der Waals surface area contributed by atoms with Gasteiger partial charge in [0.25, 0.3) is 0 Å². The van der Waals surface area contributed by atoms with E-state index in [4.69, 9.17) is 15.7 Å². The van der Waals surface area contributed by atoms with E-state index in [0.29, 0.717) is 0 Å². The summed E-state index contributed by atoms with van der Waals surface area (Å²) in [6.07, 6.45) is 0. The van der Waals surface area contributed by atoms with Crippen molar-refractivity contribution in [2.75, 3.05) is 0 Å². The first-order valence-corrected chi connectivity index (χ1v) is 8.75. The molecule has 0 amide bonds. The van der Waals surface area contributed by atoms with Crippen LogP contribution in [-0.2, 0) is 0 Å². The Morgan fingerprint density at radius 1 is 0.722 bits per heavy atom. The quantitative estimate of drug-likeness (QED) is 0.318. The summed E-state index contributed by atoms with van der Waals surface area (Å²) in [6.45, 7) is 0. The molecule has 4 aromatic rings. The summed E-state index contributed by atoms with van der Waals surface area (Å²) in [4.78, 5) is 0. The third-order valence-corrected chi connectivity index (χ3v) is 6.86. The minimum atomic E-state index is 0.868. The monoisotopic (exact) mass is 392 g/mol. The van der Waals surface area contributed by atoms with E-state index in [0.717, 1.165) is 9.55 Å². The second-order valence-corrected chi connectivity index (χ2v) is 9.19. The minimum absolute atomic E-state index is 0.868. The van der Waals surface area contributed by atoms with Crippen molar-refractivity contribution in [2.24, 2.45) is 0 Å². The summed E-state index contributed by atoms with van der Waals surface area (Å²) in [5, 5.41) is 3.83. The zero-order valence-corrected chi connectivity index (χ0v) is 13.6. The molecule has 3 aromatic heterocycles. The van der Waals surface area contributed by atoms with Crippen LogP contribution in [0, 0.1) is 2.88 Å². The highest BCUT2D eigenvalue weighted by Gasteiger charge is 2.14. The van der Waals surface area contributed by atoms with Gasteiger partial charge in [-0.2, -0.15) is 22.7 Å². The number of hydrogen-bond donors (Lipinski definition) is 0. The Morgan fingerprint density at radius 3 is 1.72 bits per heavy atom. The van der Waals surface area contributed by atoms with Gasteiger partial charge < -0.3 is 0 Å². The van der Waals surface area contributed by atoms with Gasteiger partial charge in [0.15, 0.2) is 0 Å². The second kappa shape index (κ2) is 3.98. The lowest BCUT2D eigenvalue weighted by Gasteiger charge is -1.96. The van der Waals surface area contributed by atoms with Crippen LogP contribution in [0.1, 0.15) is 0 Å². The number of hydrogen-bond acceptors (Lipinski definition) is 3. The van der Waals surface area contributed by atoms with E-state index in [-0.39, 0.29) is 0 Å². The third-order valence-electron chi connectivity index (χ3n) is 2.94. The summed E-state index contributed by atoms with van der Waals surface area (Å²) < 4.78 is 6.92. The van der Waals surface area contributed by atoms with Gasteiger partial charge in [-0.3, -0.25) is 0 Å². The van der Waals surface area contributed by atoms with Crippen LogP contribution in [0.15, 0.2) is 18.2 Å². The van der Waals surface area contributed by atoms with E-state index in [1.165, 1.54) is 33.1 Å². The molecule has 0 nitrogen and oxygen atoms in total. The molecule has 1 aromatic carbocycles. The number of thiophene rings is 3. The molecular formula is C12H3B2IS3. The van der Waals surface area contributed by atoms with Crippen molar-refractivity contribution in [1.82, 2.24) is 0 Å². The van der Waals surface area contributed by atoms with E-state index in [9.17, 15) is 0 Å². The molecule has 18 heavy (non-hydrogen) atoms. The lowest BCUT2D eigenvalue weighted by molar-refractivity contribution is 2.09. The van der Waals surface area contributed by atoms with Gasteiger partial charge in [0.05, 0.1) is 2.88 Å². The lowest BCUT2D eigenvalue weighted by atomic mass is 10.0. The van der Waals surface area contributed by atoms with Crippen LogP contribution in [0.3, 0.4) is 0 Å². The number of benzene rings is 1. The maximum Gasteiger partial charge on any atom is 0.128 e. The Bertz CT molecular complexity index is 698. The van der Waals surface area contributed by atoms with Crippen molar-refractivity contribution in [1.29, 1.82) is 0 Å². The van der Waals surface area contributed by atoms with Crippen LogP contribution in [0.5, 0.6) is 0 Å². The molecule has 0 N–H and O–H groups in total. The molecule has 0 unspecified atom stereocenters. The zero-order chi connectivity index (χ0) is 12.4. The van der Waals surface area contributed by atoms with Gasteiger partial charge in [-0.15, -0.1) is 11.3 Å². The topological polar surface area (TPSA) is 0 Å². The second-order valence-electron chi connectivity index (χ2n) is 4.08. The molecule has 0 aliphatic rings. The van der Waals surface area contributed by atoms with Gasteiger partial charge in [-0.05, 0) is 50.3 Å². The van der Waals surface area contributed by atoms with Crippen molar-refractivity contribution in [3.63, 3.8) is 0 Å². The first kappa shape index (κ1) is 11.8. The molecule has 4 rings (SSSR count). The van der Waals surface area contributed by atoms with Crippen LogP contribution >= 0.6 is 56.6 Å².